The fraction of sp³-hybridized carbons (Fsp3) is 0.667. The number of piperidine rings is 1. The molecule has 7 nitrogen and oxygen atoms in total. The van der Waals surface area contributed by atoms with E-state index in [0.29, 0.717) is 25.0 Å². The Kier molecular flexibility index (Phi) is 4.31. The summed E-state index contributed by atoms with van der Waals surface area (Å²) in [6.07, 6.45) is 8.14. The molecule has 0 bridgehead atoms. The van der Waals surface area contributed by atoms with Crippen molar-refractivity contribution in [2.24, 2.45) is 5.92 Å². The van der Waals surface area contributed by atoms with Crippen molar-refractivity contribution in [3.63, 3.8) is 0 Å². The summed E-state index contributed by atoms with van der Waals surface area (Å²) in [7, 11) is 1.77. The van der Waals surface area contributed by atoms with Gasteiger partial charge in [-0.1, -0.05) is 0 Å². The molecule has 0 radical (unpaired) electrons. The van der Waals surface area contributed by atoms with Gasteiger partial charge < -0.3 is 14.7 Å². The zero-order chi connectivity index (χ0) is 17.4. The molecule has 3 fully saturated rings. The highest BCUT2D eigenvalue weighted by Crippen LogP contribution is 2.35. The Morgan fingerprint density at radius 2 is 1.92 bits per heavy atom. The number of rotatable bonds is 4. The van der Waals surface area contributed by atoms with Gasteiger partial charge in [0.2, 0.25) is 11.8 Å². The van der Waals surface area contributed by atoms with Crippen molar-refractivity contribution in [2.45, 2.75) is 44.2 Å². The van der Waals surface area contributed by atoms with E-state index in [1.807, 2.05) is 11.0 Å². The molecular formula is C18H25N5O2. The highest BCUT2D eigenvalue weighted by atomic mass is 16.2. The number of likely N-dealkylation sites (tertiary alicyclic amines) is 2. The van der Waals surface area contributed by atoms with Crippen LogP contribution in [0, 0.1) is 5.92 Å². The first-order valence-electron chi connectivity index (χ1n) is 9.20. The van der Waals surface area contributed by atoms with Gasteiger partial charge in [0.25, 0.3) is 0 Å². The molecule has 2 amide bonds. The zero-order valence-corrected chi connectivity index (χ0v) is 14.7. The second kappa shape index (κ2) is 6.61. The van der Waals surface area contributed by atoms with Crippen molar-refractivity contribution in [3.8, 4) is 0 Å². The molecular weight excluding hydrogens is 318 g/mol. The Bertz CT molecular complexity index is 640. The van der Waals surface area contributed by atoms with Crippen LogP contribution in [0.15, 0.2) is 18.6 Å². The van der Waals surface area contributed by atoms with E-state index < -0.39 is 0 Å². The van der Waals surface area contributed by atoms with E-state index in [-0.39, 0.29) is 17.7 Å². The van der Waals surface area contributed by atoms with E-state index >= 15 is 0 Å². The summed E-state index contributed by atoms with van der Waals surface area (Å²) < 4.78 is 0. The van der Waals surface area contributed by atoms with Crippen molar-refractivity contribution < 1.29 is 9.59 Å². The van der Waals surface area contributed by atoms with Gasteiger partial charge in [0.05, 0.1) is 5.92 Å². The lowest BCUT2D eigenvalue weighted by Crippen LogP contribution is -2.49. The molecule has 4 rings (SSSR count). The van der Waals surface area contributed by atoms with Crippen LogP contribution in [0.4, 0.5) is 5.82 Å². The van der Waals surface area contributed by atoms with E-state index in [4.69, 9.17) is 0 Å². The third kappa shape index (κ3) is 3.32. The van der Waals surface area contributed by atoms with Gasteiger partial charge in [-0.25, -0.2) is 9.97 Å². The van der Waals surface area contributed by atoms with Crippen LogP contribution in [0.3, 0.4) is 0 Å². The van der Waals surface area contributed by atoms with E-state index in [9.17, 15) is 9.59 Å². The Morgan fingerprint density at radius 3 is 2.48 bits per heavy atom. The molecule has 25 heavy (non-hydrogen) atoms. The number of hydrogen-bond acceptors (Lipinski definition) is 5. The second-order valence-corrected chi connectivity index (χ2v) is 7.44. The maximum atomic E-state index is 12.7. The summed E-state index contributed by atoms with van der Waals surface area (Å²) in [6.45, 7) is 2.10. The van der Waals surface area contributed by atoms with Crippen LogP contribution >= 0.6 is 0 Å². The minimum absolute atomic E-state index is 0.0805. The van der Waals surface area contributed by atoms with Crippen LogP contribution < -0.4 is 4.90 Å². The van der Waals surface area contributed by atoms with E-state index in [0.717, 1.165) is 31.7 Å². The second-order valence-electron chi connectivity index (χ2n) is 7.44. The van der Waals surface area contributed by atoms with Gasteiger partial charge >= 0.3 is 0 Å². The number of aromatic nitrogens is 2. The van der Waals surface area contributed by atoms with Crippen LogP contribution in [0.2, 0.25) is 0 Å². The average molecular weight is 343 g/mol. The molecule has 3 heterocycles. The number of amides is 2. The van der Waals surface area contributed by atoms with E-state index in [1.54, 1.807) is 24.5 Å². The monoisotopic (exact) mass is 343 g/mol. The van der Waals surface area contributed by atoms with E-state index in [2.05, 4.69) is 14.9 Å². The van der Waals surface area contributed by atoms with Crippen molar-refractivity contribution in [1.29, 1.82) is 0 Å². The molecule has 7 heteroatoms. The van der Waals surface area contributed by atoms with Gasteiger partial charge in [0, 0.05) is 51.4 Å². The molecule has 0 aromatic carbocycles. The zero-order valence-electron chi connectivity index (χ0n) is 14.7. The third-order valence-electron chi connectivity index (χ3n) is 5.63. The van der Waals surface area contributed by atoms with Crippen molar-refractivity contribution >= 4 is 17.6 Å². The summed E-state index contributed by atoms with van der Waals surface area (Å²) in [4.78, 5) is 38.9. The Morgan fingerprint density at radius 1 is 1.20 bits per heavy atom. The Labute approximate surface area is 148 Å². The van der Waals surface area contributed by atoms with Crippen LogP contribution in [-0.4, -0.2) is 70.3 Å². The molecule has 2 aliphatic heterocycles. The minimum Gasteiger partial charge on any atom is -0.350 e. The predicted octanol–water partition coefficient (Wildman–Crippen LogP) is 0.915. The summed E-state index contributed by atoms with van der Waals surface area (Å²) >= 11 is 0. The van der Waals surface area contributed by atoms with Crippen molar-refractivity contribution in [3.05, 3.63) is 18.6 Å². The topological polar surface area (TPSA) is 69.6 Å². The number of carbonyl (C=O) groups is 2. The molecule has 0 N–H and O–H groups in total. The number of hydrogen-bond donors (Lipinski definition) is 0. The molecule has 134 valence electrons. The van der Waals surface area contributed by atoms with Gasteiger partial charge in [-0.05, 0) is 31.7 Å². The molecule has 2 saturated heterocycles. The summed E-state index contributed by atoms with van der Waals surface area (Å²) in [5.74, 6) is 1.08. The Balaban J connectivity index is 1.38. The third-order valence-corrected chi connectivity index (χ3v) is 5.63. The molecule has 1 aromatic rings. The van der Waals surface area contributed by atoms with Crippen LogP contribution in [-0.2, 0) is 9.59 Å². The molecule has 1 aliphatic carbocycles. The largest absolute Gasteiger partial charge is 0.350 e. The lowest BCUT2D eigenvalue weighted by molar-refractivity contribution is -0.136. The highest BCUT2D eigenvalue weighted by Gasteiger charge is 2.39. The average Bonchev–Trinajstić information content (AvgIpc) is 3.41. The number of anilines is 1. The van der Waals surface area contributed by atoms with Gasteiger partial charge in [-0.15, -0.1) is 0 Å². The lowest BCUT2D eigenvalue weighted by Gasteiger charge is -2.40. The number of nitrogens with zero attached hydrogens (tertiary/aromatic N) is 5. The molecule has 1 atom stereocenters. The summed E-state index contributed by atoms with van der Waals surface area (Å²) in [5.41, 5.74) is 0. The standard InChI is InChI=1S/C18H25N5O2/c1-21-11-13(10-17(21)24)18(25)22-8-5-15(6-9-22)23(14-2-3-14)16-4-7-19-12-20-16/h4,7,12-15H,2-3,5-6,8-11H2,1H3. The first-order chi connectivity index (χ1) is 12.1. The Hall–Kier alpha value is -2.18. The van der Waals surface area contributed by atoms with Gasteiger partial charge in [-0.3, -0.25) is 9.59 Å². The minimum atomic E-state index is -0.157. The normalized spacial score (nSPS) is 24.7. The maximum Gasteiger partial charge on any atom is 0.227 e. The van der Waals surface area contributed by atoms with Crippen LogP contribution in [0.1, 0.15) is 32.1 Å². The van der Waals surface area contributed by atoms with Crippen LogP contribution in [0.25, 0.3) is 0 Å². The van der Waals surface area contributed by atoms with Crippen molar-refractivity contribution in [1.82, 2.24) is 19.8 Å². The molecule has 1 aromatic heterocycles. The highest BCUT2D eigenvalue weighted by molar-refractivity contribution is 5.89. The predicted molar refractivity (Wildman–Crippen MR) is 92.9 cm³/mol. The summed E-state index contributed by atoms with van der Waals surface area (Å²) in [5, 5.41) is 0. The molecule has 0 spiro atoms. The summed E-state index contributed by atoms with van der Waals surface area (Å²) in [6, 6.07) is 3.00. The van der Waals surface area contributed by atoms with Gasteiger partial charge in [-0.2, -0.15) is 0 Å². The van der Waals surface area contributed by atoms with Crippen molar-refractivity contribution in [2.75, 3.05) is 31.6 Å². The smallest absolute Gasteiger partial charge is 0.227 e. The van der Waals surface area contributed by atoms with Crippen LogP contribution in [0.5, 0.6) is 0 Å². The molecule has 3 aliphatic rings. The molecule has 1 unspecified atom stereocenters. The maximum absolute atomic E-state index is 12.7. The van der Waals surface area contributed by atoms with Gasteiger partial charge in [0.15, 0.2) is 0 Å². The quantitative estimate of drug-likeness (QED) is 0.813. The van der Waals surface area contributed by atoms with E-state index in [1.165, 1.54) is 12.8 Å². The number of carbonyl (C=O) groups excluding carboxylic acids is 2. The first-order valence-corrected chi connectivity index (χ1v) is 9.20. The fourth-order valence-electron chi connectivity index (χ4n) is 4.11. The lowest BCUT2D eigenvalue weighted by atomic mass is 10.00. The van der Waals surface area contributed by atoms with Gasteiger partial charge in [0.1, 0.15) is 12.1 Å². The fourth-order valence-corrected chi connectivity index (χ4v) is 4.11. The SMILES string of the molecule is CN1CC(C(=O)N2CCC(N(c3ccncn3)C3CC3)CC2)CC1=O. The first kappa shape index (κ1) is 16.3. The molecule has 1 saturated carbocycles.